The number of hydrogen-bond acceptors (Lipinski definition) is 3. The van der Waals surface area contributed by atoms with Crippen LogP contribution in [0.2, 0.25) is 0 Å². The fraction of sp³-hybridized carbons (Fsp3) is 0.529. The highest BCUT2D eigenvalue weighted by Crippen LogP contribution is 2.21. The van der Waals surface area contributed by atoms with Crippen LogP contribution in [0.3, 0.4) is 0 Å². The number of ether oxygens (including phenoxy) is 2. The number of quaternary nitrogens is 1. The molecule has 1 aromatic carbocycles. The highest BCUT2D eigenvalue weighted by molar-refractivity contribution is 5.38. The molecule has 2 rings (SSSR count). The summed E-state index contributed by atoms with van der Waals surface area (Å²) in [6.45, 7) is 10.4. The summed E-state index contributed by atoms with van der Waals surface area (Å²) in [6, 6.07) is 6.11. The van der Waals surface area contributed by atoms with Gasteiger partial charge in [-0.15, -0.1) is 6.58 Å². The number of hydrogen-bond donors (Lipinski definition) is 2. The predicted molar refractivity (Wildman–Crippen MR) is 83.0 cm³/mol. The molecular weight excluding hydrogens is 266 g/mol. The van der Waals surface area contributed by atoms with Gasteiger partial charge in [-0.3, -0.25) is 0 Å². The number of nitrogens with one attached hydrogen (secondary N) is 1. The summed E-state index contributed by atoms with van der Waals surface area (Å²) >= 11 is 0. The molecule has 2 N–H and O–H groups in total. The van der Waals surface area contributed by atoms with Crippen LogP contribution in [0.1, 0.15) is 11.1 Å². The fourth-order valence-electron chi connectivity index (χ4n) is 2.61. The first-order valence-corrected chi connectivity index (χ1v) is 7.61. The van der Waals surface area contributed by atoms with Gasteiger partial charge in [-0.05, 0) is 25.0 Å². The zero-order chi connectivity index (χ0) is 15.1. The molecule has 1 aliphatic heterocycles. The van der Waals surface area contributed by atoms with E-state index < -0.39 is 6.10 Å². The molecule has 1 heterocycles. The van der Waals surface area contributed by atoms with Gasteiger partial charge in [-0.2, -0.15) is 0 Å². The Kier molecular flexibility index (Phi) is 6.23. The van der Waals surface area contributed by atoms with Crippen molar-refractivity contribution in [1.82, 2.24) is 0 Å². The van der Waals surface area contributed by atoms with Gasteiger partial charge in [0.1, 0.15) is 38.1 Å². The molecule has 0 spiro atoms. The Hall–Kier alpha value is -1.36. The van der Waals surface area contributed by atoms with Crippen LogP contribution in [-0.2, 0) is 11.2 Å². The summed E-state index contributed by atoms with van der Waals surface area (Å²) in [5.74, 6) is 0.844. The summed E-state index contributed by atoms with van der Waals surface area (Å²) in [4.78, 5) is 1.38. The Labute approximate surface area is 127 Å². The zero-order valence-corrected chi connectivity index (χ0v) is 12.8. The molecule has 1 aliphatic rings. The van der Waals surface area contributed by atoms with Gasteiger partial charge in [0.25, 0.3) is 0 Å². The lowest BCUT2D eigenvalue weighted by Crippen LogP contribution is -3.15. The van der Waals surface area contributed by atoms with Gasteiger partial charge in [0.2, 0.25) is 0 Å². The van der Waals surface area contributed by atoms with E-state index in [9.17, 15) is 5.11 Å². The molecule has 0 aliphatic carbocycles. The molecule has 0 radical (unpaired) electrons. The second-order valence-electron chi connectivity index (χ2n) is 5.64. The summed E-state index contributed by atoms with van der Waals surface area (Å²) in [5.41, 5.74) is 2.33. The van der Waals surface area contributed by atoms with E-state index in [2.05, 4.69) is 19.6 Å². The van der Waals surface area contributed by atoms with Crippen molar-refractivity contribution in [2.45, 2.75) is 19.4 Å². The topological polar surface area (TPSA) is 43.1 Å². The van der Waals surface area contributed by atoms with Crippen LogP contribution in [0, 0.1) is 6.92 Å². The molecular formula is C17H26NO3+. The van der Waals surface area contributed by atoms with Crippen LogP contribution in [0.25, 0.3) is 0 Å². The molecule has 1 aromatic rings. The van der Waals surface area contributed by atoms with E-state index in [1.807, 2.05) is 18.2 Å². The Morgan fingerprint density at radius 2 is 2.19 bits per heavy atom. The molecule has 0 aromatic heterocycles. The summed E-state index contributed by atoms with van der Waals surface area (Å²) < 4.78 is 11.1. The molecule has 1 unspecified atom stereocenters. The maximum Gasteiger partial charge on any atom is 0.137 e. The third-order valence-corrected chi connectivity index (χ3v) is 3.74. The molecule has 4 heteroatoms. The summed E-state index contributed by atoms with van der Waals surface area (Å²) in [5, 5.41) is 10.1. The molecule has 1 atom stereocenters. The van der Waals surface area contributed by atoms with Crippen molar-refractivity contribution in [3.05, 3.63) is 42.0 Å². The van der Waals surface area contributed by atoms with E-state index in [1.165, 1.54) is 10.5 Å². The number of aliphatic hydroxyl groups is 1. The molecule has 1 saturated heterocycles. The smallest absolute Gasteiger partial charge is 0.137 e. The second kappa shape index (κ2) is 8.17. The Bertz CT molecular complexity index is 455. The lowest BCUT2D eigenvalue weighted by Gasteiger charge is -2.25. The van der Waals surface area contributed by atoms with E-state index in [0.29, 0.717) is 13.2 Å². The van der Waals surface area contributed by atoms with Crippen molar-refractivity contribution in [2.75, 3.05) is 39.5 Å². The minimum absolute atomic E-state index is 0.331. The number of morpholine rings is 1. The standard InChI is InChI=1S/C17H25NO3/c1-3-4-15-11-14(2)5-6-17(15)21-13-16(19)12-18-7-9-20-10-8-18/h3,5-6,11,16,19H,1,4,7-10,12-13H2,2H3/p+1. The molecule has 0 saturated carbocycles. The SMILES string of the molecule is C=CCc1cc(C)ccc1OCC(O)C[NH+]1CCOCC1. The monoisotopic (exact) mass is 292 g/mol. The van der Waals surface area contributed by atoms with E-state index in [0.717, 1.165) is 44.0 Å². The predicted octanol–water partition coefficient (Wildman–Crippen LogP) is 0.378. The van der Waals surface area contributed by atoms with Crippen LogP contribution in [0.15, 0.2) is 30.9 Å². The third-order valence-electron chi connectivity index (χ3n) is 3.74. The third kappa shape index (κ3) is 5.16. The van der Waals surface area contributed by atoms with Crippen molar-refractivity contribution in [3.8, 4) is 5.75 Å². The van der Waals surface area contributed by atoms with Crippen LogP contribution < -0.4 is 9.64 Å². The normalized spacial score (nSPS) is 17.4. The minimum Gasteiger partial charge on any atom is -0.490 e. The van der Waals surface area contributed by atoms with Gasteiger partial charge >= 0.3 is 0 Å². The average Bonchev–Trinajstić information content (AvgIpc) is 2.48. The van der Waals surface area contributed by atoms with Gasteiger partial charge < -0.3 is 19.5 Å². The van der Waals surface area contributed by atoms with Gasteiger partial charge in [0.05, 0.1) is 13.2 Å². The zero-order valence-electron chi connectivity index (χ0n) is 12.8. The van der Waals surface area contributed by atoms with Gasteiger partial charge in [0, 0.05) is 0 Å². The second-order valence-corrected chi connectivity index (χ2v) is 5.64. The number of aryl methyl sites for hydroxylation is 1. The van der Waals surface area contributed by atoms with Crippen LogP contribution in [0.4, 0.5) is 0 Å². The van der Waals surface area contributed by atoms with E-state index in [4.69, 9.17) is 9.47 Å². The van der Waals surface area contributed by atoms with Gasteiger partial charge in [-0.25, -0.2) is 0 Å². The Morgan fingerprint density at radius 1 is 1.43 bits per heavy atom. The lowest BCUT2D eigenvalue weighted by atomic mass is 10.1. The van der Waals surface area contributed by atoms with Crippen molar-refractivity contribution in [2.24, 2.45) is 0 Å². The highest BCUT2D eigenvalue weighted by atomic mass is 16.5. The number of allylic oxidation sites excluding steroid dienone is 1. The number of aliphatic hydroxyl groups excluding tert-OH is 1. The van der Waals surface area contributed by atoms with E-state index in [-0.39, 0.29) is 0 Å². The minimum atomic E-state index is -0.448. The summed E-state index contributed by atoms with van der Waals surface area (Å²) in [7, 11) is 0. The molecule has 21 heavy (non-hydrogen) atoms. The fourth-order valence-corrected chi connectivity index (χ4v) is 2.61. The molecule has 4 nitrogen and oxygen atoms in total. The molecule has 1 fully saturated rings. The van der Waals surface area contributed by atoms with Crippen LogP contribution in [-0.4, -0.2) is 50.7 Å². The molecule has 0 amide bonds. The highest BCUT2D eigenvalue weighted by Gasteiger charge is 2.18. The average molecular weight is 292 g/mol. The van der Waals surface area contributed by atoms with Gasteiger partial charge in [-0.1, -0.05) is 23.8 Å². The van der Waals surface area contributed by atoms with Crippen molar-refractivity contribution < 1.29 is 19.5 Å². The first-order valence-electron chi connectivity index (χ1n) is 7.61. The van der Waals surface area contributed by atoms with Crippen molar-refractivity contribution in [3.63, 3.8) is 0 Å². The summed E-state index contributed by atoms with van der Waals surface area (Å²) in [6.07, 6.45) is 2.20. The number of rotatable bonds is 7. The first kappa shape index (κ1) is 16.0. The van der Waals surface area contributed by atoms with Crippen LogP contribution in [0.5, 0.6) is 5.75 Å². The van der Waals surface area contributed by atoms with Gasteiger partial charge in [0.15, 0.2) is 0 Å². The van der Waals surface area contributed by atoms with E-state index in [1.54, 1.807) is 0 Å². The molecule has 116 valence electrons. The van der Waals surface area contributed by atoms with Crippen molar-refractivity contribution in [1.29, 1.82) is 0 Å². The van der Waals surface area contributed by atoms with Crippen LogP contribution >= 0.6 is 0 Å². The lowest BCUT2D eigenvalue weighted by molar-refractivity contribution is -0.911. The Balaban J connectivity index is 1.85. The maximum absolute atomic E-state index is 10.1. The number of benzene rings is 1. The Morgan fingerprint density at radius 3 is 2.90 bits per heavy atom. The molecule has 0 bridgehead atoms. The largest absolute Gasteiger partial charge is 0.490 e. The first-order chi connectivity index (χ1) is 10.2. The maximum atomic E-state index is 10.1. The van der Waals surface area contributed by atoms with Crippen molar-refractivity contribution >= 4 is 0 Å². The quantitative estimate of drug-likeness (QED) is 0.714. The van der Waals surface area contributed by atoms with E-state index >= 15 is 0 Å².